The Bertz CT molecular complexity index is 473. The minimum Gasteiger partial charge on any atom is -0.389 e. The van der Waals surface area contributed by atoms with Crippen LogP contribution in [0.15, 0.2) is 12.1 Å². The smallest absolute Gasteiger partial charge is 0.0771 e. The molecule has 0 spiro atoms. The van der Waals surface area contributed by atoms with Gasteiger partial charge in [0.15, 0.2) is 0 Å². The Labute approximate surface area is 130 Å². The molecule has 0 radical (unpaired) electrons. The third-order valence-electron chi connectivity index (χ3n) is 5.12. The van der Waals surface area contributed by atoms with Gasteiger partial charge in [-0.15, -0.1) is 0 Å². The average molecular weight is 289 g/mol. The van der Waals surface area contributed by atoms with Crippen molar-refractivity contribution in [1.29, 1.82) is 0 Å². The van der Waals surface area contributed by atoms with Crippen molar-refractivity contribution in [2.45, 2.75) is 77.9 Å². The van der Waals surface area contributed by atoms with Gasteiger partial charge in [-0.05, 0) is 62.8 Å². The van der Waals surface area contributed by atoms with Crippen molar-refractivity contribution >= 4 is 0 Å². The normalized spacial score (nSPS) is 20.0. The monoisotopic (exact) mass is 289 g/mol. The lowest BCUT2D eigenvalue weighted by Gasteiger charge is -2.29. The third-order valence-corrected chi connectivity index (χ3v) is 5.12. The van der Waals surface area contributed by atoms with Crippen molar-refractivity contribution in [1.82, 2.24) is 5.32 Å². The number of rotatable bonds is 4. The first-order valence-corrected chi connectivity index (χ1v) is 8.45. The molecule has 1 aliphatic rings. The predicted molar refractivity (Wildman–Crippen MR) is 89.7 cm³/mol. The largest absolute Gasteiger partial charge is 0.389 e. The summed E-state index contributed by atoms with van der Waals surface area (Å²) in [5.41, 5.74) is 4.89. The first kappa shape index (κ1) is 16.5. The minimum absolute atomic E-state index is 0.288. The summed E-state index contributed by atoms with van der Waals surface area (Å²) in [6, 6.07) is 4.85. The van der Waals surface area contributed by atoms with Crippen LogP contribution in [0.4, 0.5) is 0 Å². The second-order valence-electron chi connectivity index (χ2n) is 7.03. The van der Waals surface area contributed by atoms with Gasteiger partial charge in [-0.1, -0.05) is 37.8 Å². The van der Waals surface area contributed by atoms with Gasteiger partial charge in [-0.3, -0.25) is 0 Å². The summed E-state index contributed by atoms with van der Waals surface area (Å²) in [6.07, 6.45) is 6.75. The maximum Gasteiger partial charge on any atom is 0.0771 e. The zero-order chi connectivity index (χ0) is 15.5. The van der Waals surface area contributed by atoms with Crippen LogP contribution in [0.2, 0.25) is 0 Å². The Morgan fingerprint density at radius 1 is 1.00 bits per heavy atom. The Morgan fingerprint density at radius 3 is 2.19 bits per heavy atom. The topological polar surface area (TPSA) is 32.3 Å². The fraction of sp³-hybridized carbons (Fsp3) is 0.684. The fourth-order valence-electron chi connectivity index (χ4n) is 3.47. The lowest BCUT2D eigenvalue weighted by atomic mass is 9.92. The highest BCUT2D eigenvalue weighted by Crippen LogP contribution is 2.28. The highest BCUT2D eigenvalue weighted by molar-refractivity contribution is 5.38. The van der Waals surface area contributed by atoms with Crippen molar-refractivity contribution in [3.05, 3.63) is 34.4 Å². The molecule has 0 aliphatic heterocycles. The summed E-state index contributed by atoms with van der Waals surface area (Å²) in [5.74, 6) is 0. The maximum absolute atomic E-state index is 10.8. The molecule has 2 rings (SSSR count). The molecule has 2 nitrogen and oxygen atoms in total. The van der Waals surface area contributed by atoms with E-state index in [2.05, 4.69) is 45.1 Å². The predicted octanol–water partition coefficient (Wildman–Crippen LogP) is 4.35. The van der Waals surface area contributed by atoms with Crippen LogP contribution in [0.5, 0.6) is 0 Å². The van der Waals surface area contributed by atoms with E-state index in [0.717, 1.165) is 25.7 Å². The van der Waals surface area contributed by atoms with E-state index < -0.39 is 5.60 Å². The van der Waals surface area contributed by atoms with Gasteiger partial charge in [0.25, 0.3) is 0 Å². The molecule has 0 aromatic heterocycles. The summed E-state index contributed by atoms with van der Waals surface area (Å²) in [4.78, 5) is 0. The van der Waals surface area contributed by atoms with Crippen molar-refractivity contribution < 1.29 is 5.11 Å². The third kappa shape index (κ3) is 4.31. The summed E-state index contributed by atoms with van der Waals surface area (Å²) < 4.78 is 0. The van der Waals surface area contributed by atoms with Crippen LogP contribution in [-0.2, 0) is 0 Å². The van der Waals surface area contributed by atoms with Crippen LogP contribution in [0.3, 0.4) is 0 Å². The van der Waals surface area contributed by atoms with E-state index in [4.69, 9.17) is 0 Å². The molecule has 2 N–H and O–H groups in total. The van der Waals surface area contributed by atoms with E-state index in [-0.39, 0.29) is 6.04 Å². The molecule has 1 aliphatic carbocycles. The summed E-state index contributed by atoms with van der Waals surface area (Å²) in [5, 5.41) is 14.3. The van der Waals surface area contributed by atoms with Crippen molar-refractivity contribution in [3.8, 4) is 0 Å². The van der Waals surface area contributed by atoms with Crippen molar-refractivity contribution in [3.63, 3.8) is 0 Å². The number of aryl methyl sites for hydroxylation is 3. The standard InChI is InChI=1S/C19H31NO/c1-14-11-16(3)18(12-15(14)2)17(4)20-13-19(21)9-7-5-6-8-10-19/h11-12,17,20-21H,5-10,13H2,1-4H3. The zero-order valence-electron chi connectivity index (χ0n) is 14.1. The quantitative estimate of drug-likeness (QED) is 0.808. The van der Waals surface area contributed by atoms with E-state index >= 15 is 0 Å². The molecule has 1 saturated carbocycles. The molecule has 1 unspecified atom stereocenters. The molecule has 0 saturated heterocycles. The second-order valence-corrected chi connectivity index (χ2v) is 7.03. The van der Waals surface area contributed by atoms with Crippen molar-refractivity contribution in [2.75, 3.05) is 6.54 Å². The number of aliphatic hydroxyl groups is 1. The van der Waals surface area contributed by atoms with Gasteiger partial charge in [0.1, 0.15) is 0 Å². The summed E-state index contributed by atoms with van der Waals surface area (Å²) in [6.45, 7) is 9.43. The second kappa shape index (κ2) is 6.93. The van der Waals surface area contributed by atoms with E-state index in [0.29, 0.717) is 6.54 Å². The Morgan fingerprint density at radius 2 is 1.57 bits per heavy atom. The highest BCUT2D eigenvalue weighted by atomic mass is 16.3. The van der Waals surface area contributed by atoms with Crippen LogP contribution in [0.1, 0.15) is 73.7 Å². The highest BCUT2D eigenvalue weighted by Gasteiger charge is 2.28. The molecule has 0 amide bonds. The molecule has 0 heterocycles. The number of nitrogens with one attached hydrogen (secondary N) is 1. The van der Waals surface area contributed by atoms with Gasteiger partial charge in [-0.25, -0.2) is 0 Å². The van der Waals surface area contributed by atoms with Crippen LogP contribution >= 0.6 is 0 Å². The SMILES string of the molecule is Cc1cc(C)c(C(C)NCC2(O)CCCCCC2)cc1C. The number of hydrogen-bond donors (Lipinski definition) is 2. The van der Waals surface area contributed by atoms with Gasteiger partial charge < -0.3 is 10.4 Å². The molecule has 1 fully saturated rings. The molecule has 1 aromatic carbocycles. The lowest BCUT2D eigenvalue weighted by molar-refractivity contribution is 0.0231. The molecular weight excluding hydrogens is 258 g/mol. The maximum atomic E-state index is 10.8. The van der Waals surface area contributed by atoms with Crippen LogP contribution in [0, 0.1) is 20.8 Å². The minimum atomic E-state index is -0.502. The van der Waals surface area contributed by atoms with Gasteiger partial charge >= 0.3 is 0 Å². The van der Waals surface area contributed by atoms with E-state index in [1.165, 1.54) is 35.1 Å². The van der Waals surface area contributed by atoms with Gasteiger partial charge in [0.05, 0.1) is 5.60 Å². The Balaban J connectivity index is 2.01. The van der Waals surface area contributed by atoms with Crippen molar-refractivity contribution in [2.24, 2.45) is 0 Å². The average Bonchev–Trinajstić information content (AvgIpc) is 2.66. The molecule has 0 bridgehead atoms. The number of benzene rings is 1. The summed E-state index contributed by atoms with van der Waals surface area (Å²) in [7, 11) is 0. The molecule has 2 heteroatoms. The molecule has 1 aromatic rings. The number of hydrogen-bond acceptors (Lipinski definition) is 2. The Kier molecular flexibility index (Phi) is 5.45. The first-order chi connectivity index (χ1) is 9.91. The van der Waals surface area contributed by atoms with Crippen LogP contribution in [-0.4, -0.2) is 17.3 Å². The van der Waals surface area contributed by atoms with Crippen LogP contribution in [0.25, 0.3) is 0 Å². The first-order valence-electron chi connectivity index (χ1n) is 8.45. The lowest BCUT2D eigenvalue weighted by Crippen LogP contribution is -2.41. The fourth-order valence-corrected chi connectivity index (χ4v) is 3.47. The van der Waals surface area contributed by atoms with E-state index in [1.807, 2.05) is 0 Å². The zero-order valence-corrected chi connectivity index (χ0v) is 14.1. The van der Waals surface area contributed by atoms with E-state index in [9.17, 15) is 5.11 Å². The van der Waals surface area contributed by atoms with Gasteiger partial charge in [-0.2, -0.15) is 0 Å². The molecular formula is C19H31NO. The molecule has 21 heavy (non-hydrogen) atoms. The molecule has 1 atom stereocenters. The van der Waals surface area contributed by atoms with E-state index in [1.54, 1.807) is 0 Å². The van der Waals surface area contributed by atoms with Gasteiger partial charge in [0, 0.05) is 12.6 Å². The van der Waals surface area contributed by atoms with Crippen LogP contribution < -0.4 is 5.32 Å². The Hall–Kier alpha value is -0.860. The van der Waals surface area contributed by atoms with Gasteiger partial charge in [0.2, 0.25) is 0 Å². The molecule has 118 valence electrons. The summed E-state index contributed by atoms with van der Waals surface area (Å²) >= 11 is 0.